The second kappa shape index (κ2) is 5.43. The van der Waals surface area contributed by atoms with Crippen molar-refractivity contribution in [2.24, 2.45) is 0 Å². The van der Waals surface area contributed by atoms with Gasteiger partial charge in [0.1, 0.15) is 13.2 Å². The van der Waals surface area contributed by atoms with E-state index in [2.05, 4.69) is 17.4 Å². The van der Waals surface area contributed by atoms with Crippen LogP contribution in [0.3, 0.4) is 0 Å². The highest BCUT2D eigenvalue weighted by Gasteiger charge is 2.23. The van der Waals surface area contributed by atoms with E-state index >= 15 is 0 Å². The van der Waals surface area contributed by atoms with Gasteiger partial charge in [0.2, 0.25) is 0 Å². The Hall–Kier alpha value is -1.39. The van der Waals surface area contributed by atoms with Crippen molar-refractivity contribution in [1.82, 2.24) is 0 Å². The van der Waals surface area contributed by atoms with Gasteiger partial charge in [0.05, 0.1) is 10.4 Å². The third kappa shape index (κ3) is 2.58. The molecule has 5 heteroatoms. The first-order valence-corrected chi connectivity index (χ1v) is 8.43. The van der Waals surface area contributed by atoms with Crippen LogP contribution in [0.25, 0.3) is 0 Å². The number of thiophene rings is 1. The summed E-state index contributed by atoms with van der Waals surface area (Å²) in [5, 5.41) is 3.61. The Labute approximate surface area is 132 Å². The standard InChI is InChI=1S/C16H16ClNO2S/c17-16-9-11-12(2-1-3-15(11)21-16)18-10-4-5-13-14(8-10)20-7-6-19-13/h4-5,8-9,12,18H,1-3,6-7H2. The zero-order valence-corrected chi connectivity index (χ0v) is 13.1. The van der Waals surface area contributed by atoms with Crippen molar-refractivity contribution in [2.75, 3.05) is 18.5 Å². The molecular formula is C16H16ClNO2S. The molecule has 0 saturated carbocycles. The van der Waals surface area contributed by atoms with Crippen LogP contribution in [0.2, 0.25) is 4.34 Å². The number of rotatable bonds is 2. The minimum Gasteiger partial charge on any atom is -0.486 e. The highest BCUT2D eigenvalue weighted by molar-refractivity contribution is 7.16. The van der Waals surface area contributed by atoms with E-state index < -0.39 is 0 Å². The number of hydrogen-bond donors (Lipinski definition) is 1. The molecule has 3 nitrogen and oxygen atoms in total. The van der Waals surface area contributed by atoms with E-state index in [0.29, 0.717) is 19.3 Å². The van der Waals surface area contributed by atoms with Crippen molar-refractivity contribution in [1.29, 1.82) is 0 Å². The second-order valence-corrected chi connectivity index (χ2v) is 7.14. The van der Waals surface area contributed by atoms with Gasteiger partial charge in [0, 0.05) is 16.6 Å². The maximum Gasteiger partial charge on any atom is 0.163 e. The molecule has 2 aromatic rings. The van der Waals surface area contributed by atoms with Crippen LogP contribution in [0.1, 0.15) is 29.3 Å². The number of benzene rings is 1. The molecule has 1 aliphatic carbocycles. The summed E-state index contributed by atoms with van der Waals surface area (Å²) in [6.07, 6.45) is 3.48. The van der Waals surface area contributed by atoms with Gasteiger partial charge >= 0.3 is 0 Å². The average Bonchev–Trinajstić information content (AvgIpc) is 2.89. The van der Waals surface area contributed by atoms with Gasteiger partial charge in [-0.1, -0.05) is 11.6 Å². The maximum absolute atomic E-state index is 6.17. The number of aryl methyl sites for hydroxylation is 1. The van der Waals surface area contributed by atoms with Crippen molar-refractivity contribution in [2.45, 2.75) is 25.3 Å². The number of hydrogen-bond acceptors (Lipinski definition) is 4. The Bertz CT molecular complexity index is 670. The molecule has 21 heavy (non-hydrogen) atoms. The lowest BCUT2D eigenvalue weighted by atomic mass is 9.94. The number of anilines is 1. The molecule has 4 rings (SSSR count). The lowest BCUT2D eigenvalue weighted by Crippen LogP contribution is -2.17. The second-order valence-electron chi connectivity index (χ2n) is 5.38. The zero-order valence-electron chi connectivity index (χ0n) is 11.5. The van der Waals surface area contributed by atoms with E-state index in [1.165, 1.54) is 16.9 Å². The van der Waals surface area contributed by atoms with E-state index in [0.717, 1.165) is 34.4 Å². The van der Waals surface area contributed by atoms with Gasteiger partial charge in [-0.15, -0.1) is 11.3 Å². The van der Waals surface area contributed by atoms with Gasteiger partial charge in [-0.3, -0.25) is 0 Å². The van der Waals surface area contributed by atoms with E-state index in [1.54, 1.807) is 11.3 Å². The number of halogens is 1. The normalized spacial score (nSPS) is 20.0. The zero-order chi connectivity index (χ0) is 14.2. The number of fused-ring (bicyclic) bond motifs is 2. The Morgan fingerprint density at radius 1 is 1.14 bits per heavy atom. The molecule has 0 spiro atoms. The van der Waals surface area contributed by atoms with Crippen LogP contribution in [0.5, 0.6) is 11.5 Å². The van der Waals surface area contributed by atoms with Gasteiger partial charge in [0.25, 0.3) is 0 Å². The molecule has 0 radical (unpaired) electrons. The molecule has 1 N–H and O–H groups in total. The highest BCUT2D eigenvalue weighted by Crippen LogP contribution is 2.40. The number of ether oxygens (including phenoxy) is 2. The van der Waals surface area contributed by atoms with E-state index in [9.17, 15) is 0 Å². The van der Waals surface area contributed by atoms with Crippen LogP contribution in [0.15, 0.2) is 24.3 Å². The molecule has 2 aliphatic rings. The van der Waals surface area contributed by atoms with Crippen LogP contribution >= 0.6 is 22.9 Å². The van der Waals surface area contributed by atoms with Crippen LogP contribution in [0, 0.1) is 0 Å². The summed E-state index contributed by atoms with van der Waals surface area (Å²) in [5.41, 5.74) is 2.42. The fraction of sp³-hybridized carbons (Fsp3) is 0.375. The fourth-order valence-corrected chi connectivity index (χ4v) is 4.39. The SMILES string of the molecule is Clc1cc2c(s1)CCCC2Nc1ccc2c(c1)OCCO2. The number of nitrogens with one attached hydrogen (secondary N) is 1. The first kappa shape index (κ1) is 13.3. The Kier molecular flexibility index (Phi) is 3.43. The van der Waals surface area contributed by atoms with Crippen molar-refractivity contribution in [3.63, 3.8) is 0 Å². The smallest absolute Gasteiger partial charge is 0.163 e. The predicted molar refractivity (Wildman–Crippen MR) is 86.1 cm³/mol. The van der Waals surface area contributed by atoms with Crippen LogP contribution in [0.4, 0.5) is 5.69 Å². The molecule has 0 saturated heterocycles. The van der Waals surface area contributed by atoms with E-state index in [4.69, 9.17) is 21.1 Å². The molecule has 0 bridgehead atoms. The van der Waals surface area contributed by atoms with Crippen molar-refractivity contribution in [3.8, 4) is 11.5 Å². The van der Waals surface area contributed by atoms with E-state index in [1.807, 2.05) is 12.1 Å². The van der Waals surface area contributed by atoms with Crippen LogP contribution < -0.4 is 14.8 Å². The molecular weight excluding hydrogens is 306 g/mol. The summed E-state index contributed by atoms with van der Waals surface area (Å²) >= 11 is 7.88. The van der Waals surface area contributed by atoms with Gasteiger partial charge < -0.3 is 14.8 Å². The van der Waals surface area contributed by atoms with Crippen molar-refractivity contribution < 1.29 is 9.47 Å². The topological polar surface area (TPSA) is 30.5 Å². The molecule has 1 aliphatic heterocycles. The highest BCUT2D eigenvalue weighted by atomic mass is 35.5. The molecule has 2 heterocycles. The largest absolute Gasteiger partial charge is 0.486 e. The molecule has 1 aromatic carbocycles. The van der Waals surface area contributed by atoms with Crippen LogP contribution in [-0.4, -0.2) is 13.2 Å². The quantitative estimate of drug-likeness (QED) is 0.872. The minimum absolute atomic E-state index is 0.333. The first-order valence-electron chi connectivity index (χ1n) is 7.24. The molecule has 0 fully saturated rings. The summed E-state index contributed by atoms with van der Waals surface area (Å²) in [6.45, 7) is 1.24. The molecule has 1 atom stereocenters. The summed E-state index contributed by atoms with van der Waals surface area (Å²) in [7, 11) is 0. The molecule has 1 aromatic heterocycles. The summed E-state index contributed by atoms with van der Waals surface area (Å²) in [5.74, 6) is 1.65. The molecule has 110 valence electrons. The van der Waals surface area contributed by atoms with E-state index in [-0.39, 0.29) is 0 Å². The van der Waals surface area contributed by atoms with Gasteiger partial charge in [0.15, 0.2) is 11.5 Å². The lowest BCUT2D eigenvalue weighted by molar-refractivity contribution is 0.171. The fourth-order valence-electron chi connectivity index (χ4n) is 3.01. The third-order valence-corrected chi connectivity index (χ3v) is 5.31. The minimum atomic E-state index is 0.333. The summed E-state index contributed by atoms with van der Waals surface area (Å²) in [4.78, 5) is 1.42. The van der Waals surface area contributed by atoms with Gasteiger partial charge in [-0.25, -0.2) is 0 Å². The molecule has 0 amide bonds. The Balaban J connectivity index is 1.59. The van der Waals surface area contributed by atoms with Gasteiger partial charge in [-0.2, -0.15) is 0 Å². The van der Waals surface area contributed by atoms with Crippen molar-refractivity contribution in [3.05, 3.63) is 39.0 Å². The Morgan fingerprint density at radius 3 is 2.90 bits per heavy atom. The average molecular weight is 322 g/mol. The van der Waals surface area contributed by atoms with Crippen molar-refractivity contribution >= 4 is 28.6 Å². The summed E-state index contributed by atoms with van der Waals surface area (Å²) in [6, 6.07) is 8.49. The Morgan fingerprint density at radius 2 is 2.00 bits per heavy atom. The van der Waals surface area contributed by atoms with Crippen LogP contribution in [-0.2, 0) is 6.42 Å². The lowest BCUT2D eigenvalue weighted by Gasteiger charge is -2.25. The van der Waals surface area contributed by atoms with Gasteiger partial charge in [-0.05, 0) is 43.0 Å². The summed E-state index contributed by atoms with van der Waals surface area (Å²) < 4.78 is 12.1. The predicted octanol–water partition coefficient (Wildman–Crippen LogP) is 4.66. The third-order valence-electron chi connectivity index (χ3n) is 3.97. The maximum atomic E-state index is 6.17. The monoisotopic (exact) mass is 321 g/mol. The first-order chi connectivity index (χ1) is 10.3. The molecule has 1 unspecified atom stereocenters.